The Morgan fingerprint density at radius 3 is 2.80 bits per heavy atom. The highest BCUT2D eigenvalue weighted by atomic mass is 16.6. The van der Waals surface area contributed by atoms with Gasteiger partial charge in [-0.1, -0.05) is 0 Å². The highest BCUT2D eigenvalue weighted by Gasteiger charge is 2.19. The van der Waals surface area contributed by atoms with E-state index >= 15 is 0 Å². The van der Waals surface area contributed by atoms with Gasteiger partial charge in [0.1, 0.15) is 5.60 Å². The molecule has 0 bridgehead atoms. The lowest BCUT2D eigenvalue weighted by atomic mass is 9.94. The van der Waals surface area contributed by atoms with Crippen LogP contribution in [0.25, 0.3) is 0 Å². The molecule has 0 saturated carbocycles. The number of Topliss-reactive ketones (excluding diaryl/α,β-unsaturated/α-hetero) is 1. The number of fused-ring (bicyclic) bond motifs is 1. The van der Waals surface area contributed by atoms with Gasteiger partial charge in [-0.05, 0) is 45.7 Å². The Hall–Kier alpha value is -1.91. The molecule has 2 rings (SSSR count). The Balaban J connectivity index is 1.97. The molecule has 5 nitrogen and oxygen atoms in total. The van der Waals surface area contributed by atoms with Gasteiger partial charge in [-0.25, -0.2) is 4.79 Å². The smallest absolute Gasteiger partial charge is 0.407 e. The van der Waals surface area contributed by atoms with E-state index < -0.39 is 11.7 Å². The Morgan fingerprint density at radius 1 is 1.35 bits per heavy atom. The van der Waals surface area contributed by atoms with Crippen LogP contribution in [0.3, 0.4) is 0 Å². The molecule has 0 atom stereocenters. The summed E-state index contributed by atoms with van der Waals surface area (Å²) in [6, 6.07) is 3.58. The van der Waals surface area contributed by atoms with Gasteiger partial charge in [0.2, 0.25) is 0 Å². The molecule has 0 spiro atoms. The second-order valence-corrected chi connectivity index (χ2v) is 5.93. The number of nitrogens with zero attached hydrogens (tertiary/aromatic N) is 1. The number of rotatable bonds is 2. The number of nitrogens with one attached hydrogen (secondary N) is 1. The minimum atomic E-state index is -0.514. The number of pyridine rings is 1. The van der Waals surface area contributed by atoms with Gasteiger partial charge >= 0.3 is 6.09 Å². The number of ketones is 1. The van der Waals surface area contributed by atoms with Crippen LogP contribution in [0.2, 0.25) is 0 Å². The zero-order valence-corrected chi connectivity index (χ0v) is 12.2. The molecule has 1 aromatic heterocycles. The summed E-state index contributed by atoms with van der Waals surface area (Å²) < 4.78 is 5.16. The van der Waals surface area contributed by atoms with Crippen LogP contribution in [-0.4, -0.2) is 22.5 Å². The van der Waals surface area contributed by atoms with Crippen molar-refractivity contribution in [1.29, 1.82) is 0 Å². The quantitative estimate of drug-likeness (QED) is 0.901. The van der Waals surface area contributed by atoms with Crippen molar-refractivity contribution in [3.63, 3.8) is 0 Å². The van der Waals surface area contributed by atoms with Crippen molar-refractivity contribution < 1.29 is 14.3 Å². The van der Waals surface area contributed by atoms with Gasteiger partial charge < -0.3 is 10.1 Å². The molecule has 0 fully saturated rings. The molecule has 1 N–H and O–H groups in total. The van der Waals surface area contributed by atoms with E-state index in [1.807, 2.05) is 20.8 Å². The molecule has 1 aromatic rings. The maximum absolute atomic E-state index is 11.7. The zero-order chi connectivity index (χ0) is 14.8. The lowest BCUT2D eigenvalue weighted by molar-refractivity contribution is 0.0522. The number of aromatic nitrogens is 1. The standard InChI is InChI=1S/C15H20N2O3/c1-15(2,3)20-14(19)16-9-10-7-8-11-12(17-10)5-4-6-13(11)18/h7-8H,4-6,9H2,1-3H3,(H,16,19). The summed E-state index contributed by atoms with van der Waals surface area (Å²) in [5.74, 6) is 0.158. The molecule has 0 unspecified atom stereocenters. The van der Waals surface area contributed by atoms with Gasteiger partial charge in [-0.15, -0.1) is 0 Å². The first-order valence-corrected chi connectivity index (χ1v) is 6.84. The molecule has 1 aliphatic rings. The Bertz CT molecular complexity index is 532. The van der Waals surface area contributed by atoms with Crippen LogP contribution in [0.1, 0.15) is 55.4 Å². The van der Waals surface area contributed by atoms with E-state index in [1.165, 1.54) is 0 Å². The molecule has 0 aromatic carbocycles. The van der Waals surface area contributed by atoms with Crippen molar-refractivity contribution in [2.75, 3.05) is 0 Å². The summed E-state index contributed by atoms with van der Waals surface area (Å²) in [6.45, 7) is 5.75. The van der Waals surface area contributed by atoms with Crippen molar-refractivity contribution in [3.8, 4) is 0 Å². The molecule has 5 heteroatoms. The Labute approximate surface area is 118 Å². The van der Waals surface area contributed by atoms with E-state index in [9.17, 15) is 9.59 Å². The molecule has 0 aliphatic heterocycles. The molecule has 1 amide bonds. The number of ether oxygens (including phenoxy) is 1. The van der Waals surface area contributed by atoms with E-state index in [-0.39, 0.29) is 5.78 Å². The third-order valence-corrected chi connectivity index (χ3v) is 2.96. The summed E-state index contributed by atoms with van der Waals surface area (Å²) in [7, 11) is 0. The van der Waals surface area contributed by atoms with E-state index in [0.717, 1.165) is 29.8 Å². The van der Waals surface area contributed by atoms with Gasteiger partial charge in [0, 0.05) is 12.0 Å². The first-order chi connectivity index (χ1) is 9.35. The first kappa shape index (κ1) is 14.5. The largest absolute Gasteiger partial charge is 0.444 e. The summed E-state index contributed by atoms with van der Waals surface area (Å²) in [5, 5.41) is 2.66. The van der Waals surface area contributed by atoms with Crippen LogP contribution in [0.15, 0.2) is 12.1 Å². The minimum absolute atomic E-state index is 0.158. The van der Waals surface area contributed by atoms with Gasteiger partial charge in [0.25, 0.3) is 0 Å². The Kier molecular flexibility index (Phi) is 4.06. The fraction of sp³-hybridized carbons (Fsp3) is 0.533. The number of alkyl carbamates (subject to hydrolysis) is 1. The summed E-state index contributed by atoms with van der Waals surface area (Å²) in [5.41, 5.74) is 1.78. The van der Waals surface area contributed by atoms with Crippen LogP contribution in [0.5, 0.6) is 0 Å². The molecule has 20 heavy (non-hydrogen) atoms. The Morgan fingerprint density at radius 2 is 2.10 bits per heavy atom. The second-order valence-electron chi connectivity index (χ2n) is 5.93. The zero-order valence-electron chi connectivity index (χ0n) is 12.2. The highest BCUT2D eigenvalue weighted by Crippen LogP contribution is 2.19. The van der Waals surface area contributed by atoms with Crippen molar-refractivity contribution >= 4 is 11.9 Å². The minimum Gasteiger partial charge on any atom is -0.444 e. The second kappa shape index (κ2) is 5.61. The molecule has 0 radical (unpaired) electrons. The van der Waals surface area contributed by atoms with Crippen molar-refractivity contribution in [2.24, 2.45) is 0 Å². The molecule has 0 saturated heterocycles. The highest BCUT2D eigenvalue weighted by molar-refractivity contribution is 5.97. The normalized spacial score (nSPS) is 14.7. The van der Waals surface area contributed by atoms with Crippen molar-refractivity contribution in [1.82, 2.24) is 10.3 Å². The number of aryl methyl sites for hydroxylation is 1. The molecular formula is C15H20N2O3. The SMILES string of the molecule is CC(C)(C)OC(=O)NCc1ccc2c(n1)CCCC2=O. The number of carbonyl (C=O) groups excluding carboxylic acids is 2. The van der Waals surface area contributed by atoms with E-state index in [2.05, 4.69) is 10.3 Å². The lowest BCUT2D eigenvalue weighted by Crippen LogP contribution is -2.32. The van der Waals surface area contributed by atoms with Gasteiger partial charge in [-0.2, -0.15) is 0 Å². The predicted molar refractivity (Wildman–Crippen MR) is 74.6 cm³/mol. The van der Waals surface area contributed by atoms with Crippen LogP contribution in [0, 0.1) is 0 Å². The first-order valence-electron chi connectivity index (χ1n) is 6.84. The number of hydrogen-bond acceptors (Lipinski definition) is 4. The van der Waals surface area contributed by atoms with E-state index in [4.69, 9.17) is 4.74 Å². The van der Waals surface area contributed by atoms with Gasteiger partial charge in [-0.3, -0.25) is 9.78 Å². The molecule has 108 valence electrons. The lowest BCUT2D eigenvalue weighted by Gasteiger charge is -2.20. The number of carbonyl (C=O) groups is 2. The molecule has 1 aliphatic carbocycles. The van der Waals surface area contributed by atoms with Crippen molar-refractivity contribution in [3.05, 3.63) is 29.1 Å². The average Bonchev–Trinajstić information content (AvgIpc) is 2.34. The number of amides is 1. The summed E-state index contributed by atoms with van der Waals surface area (Å²) in [6.07, 6.45) is 1.81. The summed E-state index contributed by atoms with van der Waals surface area (Å²) in [4.78, 5) is 27.7. The maximum atomic E-state index is 11.7. The van der Waals surface area contributed by atoms with E-state index in [1.54, 1.807) is 12.1 Å². The number of hydrogen-bond donors (Lipinski definition) is 1. The molecular weight excluding hydrogens is 256 g/mol. The average molecular weight is 276 g/mol. The monoisotopic (exact) mass is 276 g/mol. The topological polar surface area (TPSA) is 68.3 Å². The fourth-order valence-corrected chi connectivity index (χ4v) is 2.12. The molecule has 1 heterocycles. The van der Waals surface area contributed by atoms with E-state index in [0.29, 0.717) is 13.0 Å². The third kappa shape index (κ3) is 3.79. The van der Waals surface area contributed by atoms with Crippen LogP contribution < -0.4 is 5.32 Å². The van der Waals surface area contributed by atoms with Crippen LogP contribution in [0.4, 0.5) is 4.79 Å². The summed E-state index contributed by atoms with van der Waals surface area (Å²) >= 11 is 0. The predicted octanol–water partition coefficient (Wildman–Crippen LogP) is 2.63. The van der Waals surface area contributed by atoms with Gasteiger partial charge in [0.05, 0.1) is 17.9 Å². The third-order valence-electron chi connectivity index (χ3n) is 2.96. The maximum Gasteiger partial charge on any atom is 0.407 e. The van der Waals surface area contributed by atoms with Crippen molar-refractivity contribution in [2.45, 2.75) is 52.2 Å². The van der Waals surface area contributed by atoms with Crippen LogP contribution in [-0.2, 0) is 17.7 Å². The van der Waals surface area contributed by atoms with Crippen LogP contribution >= 0.6 is 0 Å². The van der Waals surface area contributed by atoms with Gasteiger partial charge in [0.15, 0.2) is 5.78 Å². The fourth-order valence-electron chi connectivity index (χ4n) is 2.12.